The Morgan fingerprint density at radius 3 is 2.35 bits per heavy atom. The first-order chi connectivity index (χ1) is 19.5. The van der Waals surface area contributed by atoms with Crippen molar-refractivity contribution in [3.05, 3.63) is 78.2 Å². The Hall–Kier alpha value is -4.12. The Labute approximate surface area is 232 Å². The summed E-state index contributed by atoms with van der Waals surface area (Å²) in [6, 6.07) is 14.9. The fourth-order valence-corrected chi connectivity index (χ4v) is 5.00. The maximum atomic E-state index is 12.9. The quantitative estimate of drug-likeness (QED) is 0.373. The minimum absolute atomic E-state index is 0.0611. The number of fused-ring (bicyclic) bond motifs is 1. The average Bonchev–Trinajstić information content (AvgIpc) is 3.44. The lowest BCUT2D eigenvalue weighted by atomic mass is 10.1. The van der Waals surface area contributed by atoms with Crippen LogP contribution in [-0.2, 0) is 9.57 Å². The number of amides is 2. The van der Waals surface area contributed by atoms with Crippen molar-refractivity contribution in [2.24, 2.45) is 0 Å². The van der Waals surface area contributed by atoms with Gasteiger partial charge in [-0.1, -0.05) is 24.3 Å². The van der Waals surface area contributed by atoms with Crippen molar-refractivity contribution in [3.63, 3.8) is 0 Å². The van der Waals surface area contributed by atoms with E-state index in [0.717, 1.165) is 68.0 Å². The zero-order chi connectivity index (χ0) is 27.5. The molecule has 6 rings (SSSR count). The zero-order valence-corrected chi connectivity index (χ0v) is 22.5. The van der Waals surface area contributed by atoms with Gasteiger partial charge in [0.25, 0.3) is 11.8 Å². The molecular weight excluding hydrogens is 508 g/mol. The van der Waals surface area contributed by atoms with Gasteiger partial charge in [-0.15, -0.1) is 0 Å². The van der Waals surface area contributed by atoms with E-state index in [1.165, 1.54) is 0 Å². The predicted octanol–water partition coefficient (Wildman–Crippen LogP) is 3.64. The number of nitrogens with zero attached hydrogens (tertiary/aromatic N) is 5. The van der Waals surface area contributed by atoms with Crippen LogP contribution < -0.4 is 5.48 Å². The molecule has 2 aliphatic rings. The molecule has 2 aromatic heterocycles. The Bertz CT molecular complexity index is 1490. The summed E-state index contributed by atoms with van der Waals surface area (Å²) in [7, 11) is 2.07. The number of carbonyl (C=O) groups is 2. The highest BCUT2D eigenvalue weighted by atomic mass is 16.8. The summed E-state index contributed by atoms with van der Waals surface area (Å²) >= 11 is 0. The maximum Gasteiger partial charge on any atom is 0.274 e. The van der Waals surface area contributed by atoms with Crippen LogP contribution >= 0.6 is 0 Å². The molecule has 40 heavy (non-hydrogen) atoms. The number of benzene rings is 2. The van der Waals surface area contributed by atoms with E-state index in [1.807, 2.05) is 51.9 Å². The van der Waals surface area contributed by atoms with Gasteiger partial charge in [-0.25, -0.2) is 15.3 Å². The molecule has 0 aliphatic carbocycles. The highest BCUT2D eigenvalue weighted by molar-refractivity contribution is 5.95. The largest absolute Gasteiger partial charge is 0.350 e. The number of carbonyl (C=O) groups excluding carboxylic acids is 2. The molecule has 1 N–H and O–H groups in total. The number of aromatic nitrogens is 3. The van der Waals surface area contributed by atoms with Crippen molar-refractivity contribution in [2.45, 2.75) is 25.6 Å². The van der Waals surface area contributed by atoms with Gasteiger partial charge in [-0.3, -0.25) is 19.0 Å². The van der Waals surface area contributed by atoms with Crippen LogP contribution in [0, 0.1) is 0 Å². The van der Waals surface area contributed by atoms with E-state index >= 15 is 0 Å². The van der Waals surface area contributed by atoms with Crippen LogP contribution in [0.2, 0.25) is 0 Å². The summed E-state index contributed by atoms with van der Waals surface area (Å²) in [5.74, 6) is -0.258. The van der Waals surface area contributed by atoms with Crippen molar-refractivity contribution in [2.75, 3.05) is 39.8 Å². The highest BCUT2D eigenvalue weighted by Gasteiger charge is 2.21. The van der Waals surface area contributed by atoms with Crippen LogP contribution in [0.1, 0.15) is 40.0 Å². The molecule has 0 saturated carbocycles. The van der Waals surface area contributed by atoms with Gasteiger partial charge in [0.05, 0.1) is 23.8 Å². The van der Waals surface area contributed by atoms with Crippen LogP contribution in [0.4, 0.5) is 0 Å². The Morgan fingerprint density at radius 2 is 1.62 bits per heavy atom. The fraction of sp³-hybridized carbons (Fsp3) is 0.333. The molecule has 1 unspecified atom stereocenters. The highest BCUT2D eigenvalue weighted by Crippen LogP contribution is 2.25. The van der Waals surface area contributed by atoms with Gasteiger partial charge < -0.3 is 14.5 Å². The normalized spacial score (nSPS) is 18.1. The van der Waals surface area contributed by atoms with Crippen LogP contribution in [0.15, 0.2) is 67.1 Å². The number of nitrogens with one attached hydrogen (secondary N) is 1. The molecule has 0 spiro atoms. The lowest BCUT2D eigenvalue weighted by Gasteiger charge is -2.32. The first-order valence-corrected chi connectivity index (χ1v) is 13.6. The summed E-state index contributed by atoms with van der Waals surface area (Å²) in [5, 5.41) is 0. The molecule has 206 valence electrons. The maximum absolute atomic E-state index is 12.9. The first kappa shape index (κ1) is 26.1. The van der Waals surface area contributed by atoms with Crippen LogP contribution in [0.25, 0.3) is 28.2 Å². The number of likely N-dealkylation sites (N-methyl/N-ethyl adjacent to an activating group) is 1. The van der Waals surface area contributed by atoms with E-state index in [2.05, 4.69) is 27.4 Å². The Balaban J connectivity index is 1.16. The van der Waals surface area contributed by atoms with Gasteiger partial charge in [0.1, 0.15) is 0 Å². The van der Waals surface area contributed by atoms with Gasteiger partial charge >= 0.3 is 0 Å². The number of rotatable bonds is 6. The van der Waals surface area contributed by atoms with Crippen molar-refractivity contribution in [3.8, 4) is 22.5 Å². The third-order valence-corrected chi connectivity index (χ3v) is 7.48. The average molecular weight is 541 g/mol. The number of hydrogen-bond acceptors (Lipinski definition) is 7. The van der Waals surface area contributed by atoms with Gasteiger partial charge in [0, 0.05) is 67.7 Å². The van der Waals surface area contributed by atoms with E-state index in [9.17, 15) is 9.59 Å². The molecule has 2 aromatic carbocycles. The van der Waals surface area contributed by atoms with Crippen molar-refractivity contribution < 1.29 is 19.2 Å². The molecular formula is C30H32N6O4. The van der Waals surface area contributed by atoms with Crippen LogP contribution in [0.5, 0.6) is 0 Å². The molecule has 10 nitrogen and oxygen atoms in total. The van der Waals surface area contributed by atoms with Crippen molar-refractivity contribution >= 4 is 17.5 Å². The predicted molar refractivity (Wildman–Crippen MR) is 149 cm³/mol. The molecule has 10 heteroatoms. The third-order valence-electron chi connectivity index (χ3n) is 7.48. The number of hydrogen-bond donors (Lipinski definition) is 1. The first-order valence-electron chi connectivity index (χ1n) is 13.6. The third kappa shape index (κ3) is 5.60. The number of imidazole rings is 1. The smallest absolute Gasteiger partial charge is 0.274 e. The van der Waals surface area contributed by atoms with Crippen LogP contribution in [-0.4, -0.2) is 82.1 Å². The minimum Gasteiger partial charge on any atom is -0.350 e. The van der Waals surface area contributed by atoms with Gasteiger partial charge in [0.15, 0.2) is 11.9 Å². The van der Waals surface area contributed by atoms with Gasteiger partial charge in [-0.05, 0) is 44.2 Å². The van der Waals surface area contributed by atoms with Gasteiger partial charge in [0.2, 0.25) is 0 Å². The van der Waals surface area contributed by atoms with Gasteiger partial charge in [-0.2, -0.15) is 0 Å². The summed E-state index contributed by atoms with van der Waals surface area (Å²) in [5.41, 5.74) is 7.83. The monoisotopic (exact) mass is 540 g/mol. The molecule has 2 aliphatic heterocycles. The zero-order valence-electron chi connectivity index (χ0n) is 22.5. The lowest BCUT2D eigenvalue weighted by Crippen LogP contribution is -2.47. The van der Waals surface area contributed by atoms with E-state index in [4.69, 9.17) is 9.57 Å². The standard InChI is InChI=1S/C30H32N6O4/c1-34-13-15-35(16-14-34)30(38)24-11-5-21(6-12-24)25-20-36-26(18-32-27(36)19-31-25)22-7-9-23(10-8-22)29(37)33-40-28-4-2-3-17-39-28/h5-12,18-20,28H,2-4,13-17H2,1H3,(H,33,37). The lowest BCUT2D eigenvalue weighted by molar-refractivity contribution is -0.186. The summed E-state index contributed by atoms with van der Waals surface area (Å²) in [6.07, 6.45) is 7.86. The topological polar surface area (TPSA) is 101 Å². The van der Waals surface area contributed by atoms with E-state index in [-0.39, 0.29) is 11.8 Å². The molecule has 1 atom stereocenters. The number of piperazine rings is 1. The van der Waals surface area contributed by atoms with Crippen molar-refractivity contribution in [1.29, 1.82) is 0 Å². The van der Waals surface area contributed by atoms with Crippen LogP contribution in [0.3, 0.4) is 0 Å². The van der Waals surface area contributed by atoms with E-state index in [0.29, 0.717) is 23.4 Å². The Morgan fingerprint density at radius 1 is 0.900 bits per heavy atom. The molecule has 0 bridgehead atoms. The number of ether oxygens (including phenoxy) is 1. The summed E-state index contributed by atoms with van der Waals surface area (Å²) in [6.45, 7) is 3.91. The van der Waals surface area contributed by atoms with E-state index < -0.39 is 6.29 Å². The van der Waals surface area contributed by atoms with E-state index in [1.54, 1.807) is 24.5 Å². The SMILES string of the molecule is CN1CCN(C(=O)c2ccc(-c3cn4c(-c5ccc(C(=O)NOC6CCCCO6)cc5)cnc4cn3)cc2)CC1. The summed E-state index contributed by atoms with van der Waals surface area (Å²) < 4.78 is 7.47. The number of hydroxylamine groups is 1. The second-order valence-electron chi connectivity index (χ2n) is 10.2. The molecule has 0 radical (unpaired) electrons. The fourth-order valence-electron chi connectivity index (χ4n) is 5.00. The molecule has 2 fully saturated rings. The Kier molecular flexibility index (Phi) is 7.54. The molecule has 2 amide bonds. The second kappa shape index (κ2) is 11.5. The molecule has 4 heterocycles. The molecule has 4 aromatic rings. The summed E-state index contributed by atoms with van der Waals surface area (Å²) in [4.78, 5) is 44.1. The van der Waals surface area contributed by atoms with Crippen molar-refractivity contribution in [1.82, 2.24) is 29.6 Å². The second-order valence-corrected chi connectivity index (χ2v) is 10.2. The minimum atomic E-state index is -0.397. The molecule has 2 saturated heterocycles.